The van der Waals surface area contributed by atoms with Gasteiger partial charge in [-0.1, -0.05) is 30.3 Å². The van der Waals surface area contributed by atoms with Crippen LogP contribution in [0.15, 0.2) is 59.3 Å². The Morgan fingerprint density at radius 1 is 1.16 bits per heavy atom. The van der Waals surface area contributed by atoms with Crippen molar-refractivity contribution >= 4 is 5.91 Å². The third kappa shape index (κ3) is 3.49. The Hall–Kier alpha value is -2.86. The van der Waals surface area contributed by atoms with Crippen molar-refractivity contribution < 1.29 is 13.9 Å². The van der Waals surface area contributed by atoms with E-state index in [-0.39, 0.29) is 5.91 Å². The van der Waals surface area contributed by atoms with Gasteiger partial charge in [0.2, 0.25) is 0 Å². The molecule has 0 fully saturated rings. The SMILES string of the molecule is O=C(c1cn2c(n1)COCC2)N(Cc1ccccc1)Cc1ccco1. The van der Waals surface area contributed by atoms with Gasteiger partial charge in [0.15, 0.2) is 0 Å². The maximum Gasteiger partial charge on any atom is 0.274 e. The summed E-state index contributed by atoms with van der Waals surface area (Å²) in [6.07, 6.45) is 3.44. The van der Waals surface area contributed by atoms with E-state index in [1.807, 2.05) is 53.2 Å². The third-order valence-corrected chi connectivity index (χ3v) is 4.22. The molecule has 0 unspecified atom stereocenters. The van der Waals surface area contributed by atoms with Crippen molar-refractivity contribution in [2.45, 2.75) is 26.2 Å². The number of benzene rings is 1. The fourth-order valence-electron chi connectivity index (χ4n) is 2.95. The highest BCUT2D eigenvalue weighted by molar-refractivity contribution is 5.92. The van der Waals surface area contributed by atoms with E-state index in [1.165, 1.54) is 0 Å². The molecule has 6 nitrogen and oxygen atoms in total. The Morgan fingerprint density at radius 2 is 2.04 bits per heavy atom. The highest BCUT2D eigenvalue weighted by atomic mass is 16.5. The van der Waals surface area contributed by atoms with Crippen LogP contribution in [0.3, 0.4) is 0 Å². The Bertz CT molecular complexity index is 817. The zero-order chi connectivity index (χ0) is 17.1. The van der Waals surface area contributed by atoms with E-state index in [0.717, 1.165) is 23.7 Å². The zero-order valence-electron chi connectivity index (χ0n) is 13.8. The standard InChI is InChI=1S/C19H19N3O3/c23-19(17-13-21-8-10-24-14-18(21)20-17)22(12-16-7-4-9-25-16)11-15-5-2-1-3-6-15/h1-7,9,13H,8,10-12,14H2. The lowest BCUT2D eigenvalue weighted by Crippen LogP contribution is -2.30. The fraction of sp³-hybridized carbons (Fsp3) is 0.263. The molecule has 0 N–H and O–H groups in total. The third-order valence-electron chi connectivity index (χ3n) is 4.22. The van der Waals surface area contributed by atoms with Crippen LogP contribution in [0.4, 0.5) is 0 Å². The molecule has 128 valence electrons. The number of amides is 1. The van der Waals surface area contributed by atoms with Gasteiger partial charge in [0.1, 0.15) is 23.9 Å². The molecule has 0 atom stereocenters. The molecule has 1 amide bonds. The molecule has 1 aliphatic heterocycles. The second-order valence-corrected chi connectivity index (χ2v) is 6.01. The topological polar surface area (TPSA) is 60.5 Å². The van der Waals surface area contributed by atoms with Gasteiger partial charge < -0.3 is 18.6 Å². The van der Waals surface area contributed by atoms with Crippen LogP contribution >= 0.6 is 0 Å². The number of carbonyl (C=O) groups is 1. The molecule has 3 aromatic rings. The predicted molar refractivity (Wildman–Crippen MR) is 90.6 cm³/mol. The lowest BCUT2D eigenvalue weighted by atomic mass is 10.2. The average Bonchev–Trinajstić information content (AvgIpc) is 3.30. The molecule has 0 radical (unpaired) electrons. The lowest BCUT2D eigenvalue weighted by molar-refractivity contribution is 0.0711. The number of aromatic nitrogens is 2. The molecule has 0 aliphatic carbocycles. The summed E-state index contributed by atoms with van der Waals surface area (Å²) in [5.41, 5.74) is 1.51. The highest BCUT2D eigenvalue weighted by Crippen LogP contribution is 2.16. The number of nitrogens with zero attached hydrogens (tertiary/aromatic N) is 3. The van der Waals surface area contributed by atoms with Crippen LogP contribution in [-0.2, 0) is 31.0 Å². The van der Waals surface area contributed by atoms with Gasteiger partial charge in [-0.3, -0.25) is 4.79 Å². The quantitative estimate of drug-likeness (QED) is 0.718. The number of furan rings is 1. The van der Waals surface area contributed by atoms with Gasteiger partial charge in [-0.2, -0.15) is 0 Å². The zero-order valence-corrected chi connectivity index (χ0v) is 13.8. The van der Waals surface area contributed by atoms with E-state index < -0.39 is 0 Å². The molecule has 0 saturated heterocycles. The number of hydrogen-bond acceptors (Lipinski definition) is 4. The first-order valence-electron chi connectivity index (χ1n) is 8.29. The number of rotatable bonds is 5. The number of ether oxygens (including phenoxy) is 1. The fourth-order valence-corrected chi connectivity index (χ4v) is 2.95. The van der Waals surface area contributed by atoms with Crippen molar-refractivity contribution in [3.05, 3.63) is 77.8 Å². The van der Waals surface area contributed by atoms with Gasteiger partial charge >= 0.3 is 0 Å². The summed E-state index contributed by atoms with van der Waals surface area (Å²) < 4.78 is 12.8. The highest BCUT2D eigenvalue weighted by Gasteiger charge is 2.23. The summed E-state index contributed by atoms with van der Waals surface area (Å²) >= 11 is 0. The van der Waals surface area contributed by atoms with Gasteiger partial charge in [0.05, 0.1) is 19.4 Å². The first kappa shape index (κ1) is 15.7. The van der Waals surface area contributed by atoms with E-state index in [9.17, 15) is 4.79 Å². The second kappa shape index (κ2) is 6.94. The van der Waals surface area contributed by atoms with E-state index in [4.69, 9.17) is 9.15 Å². The summed E-state index contributed by atoms with van der Waals surface area (Å²) in [5, 5.41) is 0. The minimum absolute atomic E-state index is 0.109. The second-order valence-electron chi connectivity index (χ2n) is 6.01. The summed E-state index contributed by atoms with van der Waals surface area (Å²) in [7, 11) is 0. The molecule has 6 heteroatoms. The van der Waals surface area contributed by atoms with Gasteiger partial charge in [-0.25, -0.2) is 4.98 Å². The molecule has 0 saturated carbocycles. The van der Waals surface area contributed by atoms with Crippen molar-refractivity contribution in [3.8, 4) is 0 Å². The van der Waals surface area contributed by atoms with Crippen molar-refractivity contribution in [1.29, 1.82) is 0 Å². The first-order valence-corrected chi connectivity index (χ1v) is 8.29. The van der Waals surface area contributed by atoms with Crippen LogP contribution in [0.2, 0.25) is 0 Å². The maximum atomic E-state index is 13.1. The lowest BCUT2D eigenvalue weighted by Gasteiger charge is -2.21. The van der Waals surface area contributed by atoms with Crippen molar-refractivity contribution in [3.63, 3.8) is 0 Å². The minimum atomic E-state index is -0.109. The van der Waals surface area contributed by atoms with E-state index in [1.54, 1.807) is 11.2 Å². The van der Waals surface area contributed by atoms with E-state index in [0.29, 0.717) is 32.0 Å². The Labute approximate surface area is 145 Å². The van der Waals surface area contributed by atoms with Gasteiger partial charge in [-0.05, 0) is 17.7 Å². The van der Waals surface area contributed by atoms with Crippen molar-refractivity contribution in [1.82, 2.24) is 14.5 Å². The van der Waals surface area contributed by atoms with E-state index >= 15 is 0 Å². The molecule has 0 spiro atoms. The summed E-state index contributed by atoms with van der Waals surface area (Å²) in [6, 6.07) is 13.6. The van der Waals surface area contributed by atoms with Crippen LogP contribution in [0.25, 0.3) is 0 Å². The first-order chi connectivity index (χ1) is 12.3. The predicted octanol–water partition coefficient (Wildman–Crippen LogP) is 2.85. The number of carbonyl (C=O) groups excluding carboxylic acids is 1. The molecular weight excluding hydrogens is 318 g/mol. The minimum Gasteiger partial charge on any atom is -0.467 e. The largest absolute Gasteiger partial charge is 0.467 e. The normalized spacial score (nSPS) is 13.4. The maximum absolute atomic E-state index is 13.1. The summed E-state index contributed by atoms with van der Waals surface area (Å²) in [4.78, 5) is 19.3. The smallest absolute Gasteiger partial charge is 0.274 e. The number of fused-ring (bicyclic) bond motifs is 1. The van der Waals surface area contributed by atoms with Gasteiger partial charge in [-0.15, -0.1) is 0 Å². The van der Waals surface area contributed by atoms with Crippen LogP contribution in [0, 0.1) is 0 Å². The molecule has 1 aliphatic rings. The van der Waals surface area contributed by atoms with Crippen molar-refractivity contribution in [2.75, 3.05) is 6.61 Å². The van der Waals surface area contributed by atoms with E-state index in [2.05, 4.69) is 4.98 Å². The monoisotopic (exact) mass is 337 g/mol. The summed E-state index contributed by atoms with van der Waals surface area (Å²) in [6.45, 7) is 2.73. The van der Waals surface area contributed by atoms with Crippen LogP contribution in [0.1, 0.15) is 27.6 Å². The molecule has 0 bridgehead atoms. The molecule has 1 aromatic carbocycles. The van der Waals surface area contributed by atoms with Crippen molar-refractivity contribution in [2.24, 2.45) is 0 Å². The summed E-state index contributed by atoms with van der Waals surface area (Å²) in [5.74, 6) is 1.44. The van der Waals surface area contributed by atoms with Crippen LogP contribution in [0.5, 0.6) is 0 Å². The number of hydrogen-bond donors (Lipinski definition) is 0. The molecule has 4 rings (SSSR count). The van der Waals surface area contributed by atoms with Crippen LogP contribution in [-0.4, -0.2) is 27.0 Å². The Kier molecular flexibility index (Phi) is 4.35. The van der Waals surface area contributed by atoms with Gasteiger partial charge in [0, 0.05) is 19.3 Å². The molecular formula is C19H19N3O3. The van der Waals surface area contributed by atoms with Gasteiger partial charge in [0.25, 0.3) is 5.91 Å². The molecule has 2 aromatic heterocycles. The van der Waals surface area contributed by atoms with Crippen LogP contribution < -0.4 is 0 Å². The molecule has 25 heavy (non-hydrogen) atoms. The average molecular weight is 337 g/mol. The molecule has 3 heterocycles. The Morgan fingerprint density at radius 3 is 2.80 bits per heavy atom. The number of imidazole rings is 1. The Balaban J connectivity index is 1.59.